The minimum absolute atomic E-state index is 0.0376. The summed E-state index contributed by atoms with van der Waals surface area (Å²) in [6.07, 6.45) is 1.40. The first-order valence-electron chi connectivity index (χ1n) is 10.7. The summed E-state index contributed by atoms with van der Waals surface area (Å²) in [4.78, 5) is 16.1. The topological polar surface area (TPSA) is 120 Å². The molecule has 9 heteroatoms. The molecule has 0 aromatic heterocycles. The summed E-state index contributed by atoms with van der Waals surface area (Å²) in [7, 11) is -2.28. The van der Waals surface area contributed by atoms with Crippen LogP contribution in [0.3, 0.4) is 0 Å². The Labute approximate surface area is 194 Å². The molecule has 0 saturated carbocycles. The van der Waals surface area contributed by atoms with Crippen LogP contribution in [-0.2, 0) is 27.7 Å². The number of benzene rings is 2. The number of ether oxygens (including phenoxy) is 2. The Morgan fingerprint density at radius 2 is 1.94 bits per heavy atom. The van der Waals surface area contributed by atoms with Gasteiger partial charge in [0.2, 0.25) is 15.9 Å². The van der Waals surface area contributed by atoms with Gasteiger partial charge in [0.15, 0.2) is 11.5 Å². The summed E-state index contributed by atoms with van der Waals surface area (Å²) in [6, 6.07) is 8.57. The van der Waals surface area contributed by atoms with Crippen LogP contribution in [0.25, 0.3) is 0 Å². The number of fused-ring (bicyclic) bond motifs is 3. The Hall–Kier alpha value is -2.91. The summed E-state index contributed by atoms with van der Waals surface area (Å²) in [5.74, 6) is 0.646. The maximum absolute atomic E-state index is 12.7. The molecule has 8 nitrogen and oxygen atoms in total. The molecule has 2 aliphatic heterocycles. The molecular weight excluding hydrogens is 442 g/mol. The van der Waals surface area contributed by atoms with E-state index in [4.69, 9.17) is 20.2 Å². The van der Waals surface area contributed by atoms with Crippen LogP contribution in [0.4, 0.5) is 0 Å². The SMILES string of the molecule is COc1cc2c(c3c1OC(C)(C)C3)C(c1cccc(S(=O)(=O)NCC(N)=O)c1)=NC(C)(C)C2. The van der Waals surface area contributed by atoms with E-state index in [1.165, 1.54) is 6.07 Å². The first kappa shape index (κ1) is 23.3. The molecule has 0 radical (unpaired) electrons. The van der Waals surface area contributed by atoms with Gasteiger partial charge in [-0.3, -0.25) is 9.79 Å². The predicted octanol–water partition coefficient (Wildman–Crippen LogP) is 2.34. The van der Waals surface area contributed by atoms with Gasteiger partial charge in [-0.05, 0) is 57.9 Å². The molecule has 33 heavy (non-hydrogen) atoms. The summed E-state index contributed by atoms with van der Waals surface area (Å²) in [5.41, 5.74) is 8.76. The lowest BCUT2D eigenvalue weighted by molar-refractivity contribution is -0.116. The highest BCUT2D eigenvalue weighted by Gasteiger charge is 2.39. The molecule has 0 bridgehead atoms. The van der Waals surface area contributed by atoms with E-state index < -0.39 is 33.6 Å². The van der Waals surface area contributed by atoms with E-state index in [2.05, 4.69) is 4.72 Å². The first-order chi connectivity index (χ1) is 15.3. The third kappa shape index (κ3) is 4.47. The van der Waals surface area contributed by atoms with Gasteiger partial charge in [-0.1, -0.05) is 12.1 Å². The van der Waals surface area contributed by atoms with Crippen LogP contribution < -0.4 is 19.9 Å². The lowest BCUT2D eigenvalue weighted by Crippen LogP contribution is -2.33. The van der Waals surface area contributed by atoms with E-state index in [9.17, 15) is 13.2 Å². The molecule has 2 heterocycles. The monoisotopic (exact) mass is 471 g/mol. The Bertz CT molecular complexity index is 1280. The van der Waals surface area contributed by atoms with Crippen molar-refractivity contribution in [2.45, 2.75) is 56.6 Å². The fraction of sp³-hybridized carbons (Fsp3) is 0.417. The average molecular weight is 472 g/mol. The standard InChI is InChI=1S/C24H29N3O5S/c1-23(2)11-15-10-18(31-5)22-17(12-24(3,4)32-22)20(15)21(27-23)14-7-6-8-16(9-14)33(29,30)26-13-19(25)28/h6-10,26H,11-13H2,1-5H3,(H2,25,28). The molecule has 0 fully saturated rings. The second-order valence-electron chi connectivity index (χ2n) is 9.73. The van der Waals surface area contributed by atoms with Crippen molar-refractivity contribution in [2.24, 2.45) is 10.7 Å². The Morgan fingerprint density at radius 1 is 1.21 bits per heavy atom. The Morgan fingerprint density at radius 3 is 2.61 bits per heavy atom. The molecular formula is C24H29N3O5S. The highest BCUT2D eigenvalue weighted by atomic mass is 32.2. The van der Waals surface area contributed by atoms with Crippen molar-refractivity contribution in [3.8, 4) is 11.5 Å². The van der Waals surface area contributed by atoms with Crippen molar-refractivity contribution in [1.82, 2.24) is 4.72 Å². The molecule has 0 spiro atoms. The van der Waals surface area contributed by atoms with Crippen LogP contribution in [0.2, 0.25) is 0 Å². The first-order valence-corrected chi connectivity index (χ1v) is 12.2. The van der Waals surface area contributed by atoms with Crippen LogP contribution >= 0.6 is 0 Å². The Kier molecular flexibility index (Phi) is 5.53. The van der Waals surface area contributed by atoms with E-state index in [1.54, 1.807) is 19.2 Å². The number of amides is 1. The normalized spacial score (nSPS) is 18.0. The molecule has 2 aliphatic rings. The molecule has 2 aromatic carbocycles. The molecule has 2 aromatic rings. The van der Waals surface area contributed by atoms with Gasteiger partial charge in [0.1, 0.15) is 5.60 Å². The van der Waals surface area contributed by atoms with E-state index in [-0.39, 0.29) is 4.90 Å². The number of methoxy groups -OCH3 is 1. The van der Waals surface area contributed by atoms with Crippen LogP contribution in [0.5, 0.6) is 11.5 Å². The van der Waals surface area contributed by atoms with Gasteiger partial charge in [-0.25, -0.2) is 13.1 Å². The molecule has 0 atom stereocenters. The van der Waals surface area contributed by atoms with Gasteiger partial charge in [-0.2, -0.15) is 0 Å². The highest BCUT2D eigenvalue weighted by molar-refractivity contribution is 7.89. The molecule has 1 amide bonds. The zero-order chi connectivity index (χ0) is 24.2. The van der Waals surface area contributed by atoms with Crippen LogP contribution in [0.1, 0.15) is 49.9 Å². The van der Waals surface area contributed by atoms with Crippen LogP contribution in [-0.4, -0.2) is 44.8 Å². The zero-order valence-electron chi connectivity index (χ0n) is 19.5. The number of aliphatic imine (C=N–C) groups is 1. The number of hydrogen-bond acceptors (Lipinski definition) is 6. The lowest BCUT2D eigenvalue weighted by Gasteiger charge is -2.31. The number of nitrogens with zero attached hydrogens (tertiary/aromatic N) is 1. The van der Waals surface area contributed by atoms with E-state index in [0.29, 0.717) is 35.6 Å². The van der Waals surface area contributed by atoms with Gasteiger partial charge in [0.05, 0.1) is 29.8 Å². The fourth-order valence-corrected chi connectivity index (χ4v) is 5.53. The smallest absolute Gasteiger partial charge is 0.241 e. The summed E-state index contributed by atoms with van der Waals surface area (Å²) < 4.78 is 39.5. The minimum atomic E-state index is -3.91. The zero-order valence-corrected chi connectivity index (χ0v) is 20.3. The van der Waals surface area contributed by atoms with Crippen molar-refractivity contribution in [1.29, 1.82) is 0 Å². The maximum atomic E-state index is 12.7. The third-order valence-electron chi connectivity index (χ3n) is 5.76. The number of nitrogens with two attached hydrogens (primary N) is 1. The van der Waals surface area contributed by atoms with Crippen LogP contribution in [0, 0.1) is 0 Å². The number of rotatable bonds is 6. The quantitative estimate of drug-likeness (QED) is 0.670. The summed E-state index contributed by atoms with van der Waals surface area (Å²) >= 11 is 0. The largest absolute Gasteiger partial charge is 0.493 e. The molecule has 3 N–H and O–H groups in total. The molecule has 176 valence electrons. The second kappa shape index (κ2) is 7.85. The van der Waals surface area contributed by atoms with Gasteiger partial charge in [-0.15, -0.1) is 0 Å². The number of nitrogens with one attached hydrogen (secondary N) is 1. The molecule has 0 saturated heterocycles. The number of sulfonamides is 1. The number of primary amides is 1. The lowest BCUT2D eigenvalue weighted by atomic mass is 9.81. The van der Waals surface area contributed by atoms with Crippen molar-refractivity contribution in [3.05, 3.63) is 52.6 Å². The van der Waals surface area contributed by atoms with E-state index in [0.717, 1.165) is 16.7 Å². The van der Waals surface area contributed by atoms with Crippen molar-refractivity contribution < 1.29 is 22.7 Å². The summed E-state index contributed by atoms with van der Waals surface area (Å²) in [5, 5.41) is 0. The van der Waals surface area contributed by atoms with Crippen molar-refractivity contribution in [3.63, 3.8) is 0 Å². The van der Waals surface area contributed by atoms with Gasteiger partial charge in [0, 0.05) is 23.1 Å². The summed E-state index contributed by atoms with van der Waals surface area (Å²) in [6.45, 7) is 7.68. The van der Waals surface area contributed by atoms with E-state index in [1.807, 2.05) is 39.8 Å². The molecule has 4 rings (SSSR count). The Balaban J connectivity index is 1.88. The fourth-order valence-electron chi connectivity index (χ4n) is 4.49. The van der Waals surface area contributed by atoms with Crippen molar-refractivity contribution in [2.75, 3.05) is 13.7 Å². The van der Waals surface area contributed by atoms with Crippen molar-refractivity contribution >= 4 is 21.6 Å². The predicted molar refractivity (Wildman–Crippen MR) is 126 cm³/mol. The molecule has 0 aliphatic carbocycles. The van der Waals surface area contributed by atoms with E-state index >= 15 is 0 Å². The average Bonchev–Trinajstić information content (AvgIpc) is 3.05. The number of hydrogen-bond donors (Lipinski definition) is 2. The van der Waals surface area contributed by atoms with Gasteiger partial charge in [0.25, 0.3) is 0 Å². The van der Waals surface area contributed by atoms with Crippen LogP contribution in [0.15, 0.2) is 40.2 Å². The van der Waals surface area contributed by atoms with Gasteiger partial charge >= 0.3 is 0 Å². The maximum Gasteiger partial charge on any atom is 0.241 e. The number of carbonyl (C=O) groups excluding carboxylic acids is 1. The minimum Gasteiger partial charge on any atom is -0.493 e. The second-order valence-corrected chi connectivity index (χ2v) is 11.5. The van der Waals surface area contributed by atoms with Gasteiger partial charge < -0.3 is 15.2 Å². The number of carbonyl (C=O) groups is 1. The highest BCUT2D eigenvalue weighted by Crippen LogP contribution is 2.47. The molecule has 0 unspecified atom stereocenters. The third-order valence-corrected chi connectivity index (χ3v) is 7.15.